The van der Waals surface area contributed by atoms with Gasteiger partial charge in [-0.25, -0.2) is 15.0 Å². The Hall–Kier alpha value is -3.33. The molecule has 1 heterocycles. The standard InChI is InChI=1S/C23H19N3/c1-16-24-17(2)26-23(25-16)22-14-20(18-9-5-3-6-10-18)13-21(15-22)19-11-7-4-8-12-19/h3-15H,1-2H3. The fourth-order valence-corrected chi connectivity index (χ4v) is 3.10. The molecule has 26 heavy (non-hydrogen) atoms. The van der Waals surface area contributed by atoms with Crippen LogP contribution in [-0.2, 0) is 0 Å². The lowest BCUT2D eigenvalue weighted by molar-refractivity contribution is 0.928. The molecule has 1 aromatic heterocycles. The van der Waals surface area contributed by atoms with Gasteiger partial charge in [0.25, 0.3) is 0 Å². The molecule has 0 spiro atoms. The van der Waals surface area contributed by atoms with Gasteiger partial charge in [0.05, 0.1) is 0 Å². The Labute approximate surface area is 153 Å². The molecule has 4 rings (SSSR count). The SMILES string of the molecule is Cc1nc(C)nc(-c2cc(-c3ccccc3)cc(-c3ccccc3)c2)n1. The predicted octanol–water partition coefficient (Wildman–Crippen LogP) is 5.49. The first-order chi connectivity index (χ1) is 12.7. The van der Waals surface area contributed by atoms with E-state index in [1.165, 1.54) is 11.1 Å². The fourth-order valence-electron chi connectivity index (χ4n) is 3.10. The highest BCUT2D eigenvalue weighted by Gasteiger charge is 2.10. The highest BCUT2D eigenvalue weighted by molar-refractivity contribution is 5.79. The van der Waals surface area contributed by atoms with Gasteiger partial charge < -0.3 is 0 Å². The monoisotopic (exact) mass is 337 g/mol. The van der Waals surface area contributed by atoms with E-state index in [9.17, 15) is 0 Å². The minimum Gasteiger partial charge on any atom is -0.219 e. The van der Waals surface area contributed by atoms with Gasteiger partial charge in [-0.3, -0.25) is 0 Å². The Balaban J connectivity index is 1.93. The van der Waals surface area contributed by atoms with Gasteiger partial charge in [-0.1, -0.05) is 60.7 Å². The molecular formula is C23H19N3. The molecule has 0 unspecified atom stereocenters. The lowest BCUT2D eigenvalue weighted by Crippen LogP contribution is -1.99. The van der Waals surface area contributed by atoms with Crippen molar-refractivity contribution in [1.82, 2.24) is 15.0 Å². The summed E-state index contributed by atoms with van der Waals surface area (Å²) in [6.45, 7) is 3.80. The molecule has 0 aliphatic rings. The fraction of sp³-hybridized carbons (Fsp3) is 0.0870. The maximum atomic E-state index is 4.55. The summed E-state index contributed by atoms with van der Waals surface area (Å²) in [5, 5.41) is 0. The molecular weight excluding hydrogens is 318 g/mol. The summed E-state index contributed by atoms with van der Waals surface area (Å²) in [5.74, 6) is 2.18. The number of hydrogen-bond donors (Lipinski definition) is 0. The van der Waals surface area contributed by atoms with Crippen LogP contribution in [-0.4, -0.2) is 15.0 Å². The molecule has 3 heteroatoms. The van der Waals surface area contributed by atoms with Gasteiger partial charge in [-0.2, -0.15) is 0 Å². The molecule has 0 saturated heterocycles. The normalized spacial score (nSPS) is 10.7. The van der Waals surface area contributed by atoms with Crippen LogP contribution in [0, 0.1) is 13.8 Å². The minimum absolute atomic E-state index is 0.713. The van der Waals surface area contributed by atoms with E-state index in [0.29, 0.717) is 5.82 Å². The van der Waals surface area contributed by atoms with Crippen LogP contribution >= 0.6 is 0 Å². The number of hydrogen-bond acceptors (Lipinski definition) is 3. The quantitative estimate of drug-likeness (QED) is 0.496. The molecule has 0 atom stereocenters. The first kappa shape index (κ1) is 16.2. The molecule has 3 aromatic carbocycles. The smallest absolute Gasteiger partial charge is 0.163 e. The summed E-state index contributed by atoms with van der Waals surface area (Å²) in [7, 11) is 0. The van der Waals surface area contributed by atoms with Crippen molar-refractivity contribution in [2.24, 2.45) is 0 Å². The van der Waals surface area contributed by atoms with E-state index in [-0.39, 0.29) is 0 Å². The Kier molecular flexibility index (Phi) is 4.28. The summed E-state index contributed by atoms with van der Waals surface area (Å²) in [4.78, 5) is 13.4. The summed E-state index contributed by atoms with van der Waals surface area (Å²) in [6, 6.07) is 27.3. The highest BCUT2D eigenvalue weighted by Crippen LogP contribution is 2.31. The van der Waals surface area contributed by atoms with Crippen molar-refractivity contribution in [2.45, 2.75) is 13.8 Å². The van der Waals surface area contributed by atoms with Crippen LogP contribution in [0.5, 0.6) is 0 Å². The summed E-state index contributed by atoms with van der Waals surface area (Å²) >= 11 is 0. The summed E-state index contributed by atoms with van der Waals surface area (Å²) in [6.07, 6.45) is 0. The van der Waals surface area contributed by atoms with Crippen molar-refractivity contribution in [3.8, 4) is 33.6 Å². The molecule has 126 valence electrons. The van der Waals surface area contributed by atoms with Gasteiger partial charge in [-0.15, -0.1) is 0 Å². The van der Waals surface area contributed by atoms with Gasteiger partial charge in [0, 0.05) is 5.56 Å². The Morgan fingerprint density at radius 2 is 0.885 bits per heavy atom. The van der Waals surface area contributed by atoms with Crippen molar-refractivity contribution in [3.05, 3.63) is 90.5 Å². The van der Waals surface area contributed by atoms with Crippen LogP contribution in [0.4, 0.5) is 0 Å². The molecule has 0 aliphatic carbocycles. The zero-order chi connectivity index (χ0) is 17.9. The van der Waals surface area contributed by atoms with Crippen LogP contribution < -0.4 is 0 Å². The van der Waals surface area contributed by atoms with Crippen molar-refractivity contribution < 1.29 is 0 Å². The van der Waals surface area contributed by atoms with Gasteiger partial charge >= 0.3 is 0 Å². The zero-order valence-corrected chi connectivity index (χ0v) is 14.8. The average molecular weight is 337 g/mol. The highest BCUT2D eigenvalue weighted by atomic mass is 15.0. The van der Waals surface area contributed by atoms with Crippen molar-refractivity contribution in [1.29, 1.82) is 0 Å². The Morgan fingerprint density at radius 3 is 1.35 bits per heavy atom. The molecule has 0 saturated carbocycles. The molecule has 3 nitrogen and oxygen atoms in total. The maximum Gasteiger partial charge on any atom is 0.163 e. The number of rotatable bonds is 3. The van der Waals surface area contributed by atoms with Crippen LogP contribution in [0.2, 0.25) is 0 Å². The number of aromatic nitrogens is 3. The molecule has 0 amide bonds. The van der Waals surface area contributed by atoms with E-state index in [2.05, 4.69) is 81.7 Å². The van der Waals surface area contributed by atoms with Gasteiger partial charge in [-0.05, 0) is 54.3 Å². The van der Waals surface area contributed by atoms with Gasteiger partial charge in [0.1, 0.15) is 11.6 Å². The first-order valence-corrected chi connectivity index (χ1v) is 8.65. The summed E-state index contributed by atoms with van der Waals surface area (Å²) in [5.41, 5.74) is 5.65. The molecule has 0 radical (unpaired) electrons. The third kappa shape index (κ3) is 3.38. The molecule has 0 N–H and O–H groups in total. The van der Waals surface area contributed by atoms with E-state index in [0.717, 1.165) is 28.3 Å². The van der Waals surface area contributed by atoms with Crippen molar-refractivity contribution in [3.63, 3.8) is 0 Å². The molecule has 0 aliphatic heterocycles. The van der Waals surface area contributed by atoms with E-state index >= 15 is 0 Å². The second-order valence-corrected chi connectivity index (χ2v) is 6.28. The van der Waals surface area contributed by atoms with E-state index < -0.39 is 0 Å². The maximum absolute atomic E-state index is 4.55. The van der Waals surface area contributed by atoms with E-state index in [4.69, 9.17) is 0 Å². The lowest BCUT2D eigenvalue weighted by Gasteiger charge is -2.11. The molecule has 0 fully saturated rings. The molecule has 4 aromatic rings. The largest absolute Gasteiger partial charge is 0.219 e. The third-order valence-corrected chi connectivity index (χ3v) is 4.26. The third-order valence-electron chi connectivity index (χ3n) is 4.26. The van der Waals surface area contributed by atoms with Gasteiger partial charge in [0.15, 0.2) is 5.82 Å². The molecule has 0 bridgehead atoms. The van der Waals surface area contributed by atoms with Crippen LogP contribution in [0.1, 0.15) is 11.6 Å². The lowest BCUT2D eigenvalue weighted by atomic mass is 9.96. The van der Waals surface area contributed by atoms with Crippen LogP contribution in [0.3, 0.4) is 0 Å². The zero-order valence-electron chi connectivity index (χ0n) is 14.8. The number of nitrogens with zero attached hydrogens (tertiary/aromatic N) is 3. The Morgan fingerprint density at radius 1 is 0.462 bits per heavy atom. The van der Waals surface area contributed by atoms with Gasteiger partial charge in [0.2, 0.25) is 0 Å². The topological polar surface area (TPSA) is 38.7 Å². The summed E-state index contributed by atoms with van der Waals surface area (Å²) < 4.78 is 0. The van der Waals surface area contributed by atoms with Crippen molar-refractivity contribution in [2.75, 3.05) is 0 Å². The van der Waals surface area contributed by atoms with E-state index in [1.54, 1.807) is 0 Å². The number of benzene rings is 3. The Bertz CT molecular complexity index is 964. The number of aryl methyl sites for hydroxylation is 2. The second-order valence-electron chi connectivity index (χ2n) is 6.28. The predicted molar refractivity (Wildman–Crippen MR) is 106 cm³/mol. The van der Waals surface area contributed by atoms with E-state index in [1.807, 2.05) is 26.0 Å². The van der Waals surface area contributed by atoms with Crippen molar-refractivity contribution >= 4 is 0 Å². The minimum atomic E-state index is 0.713. The van der Waals surface area contributed by atoms with Crippen LogP contribution in [0.15, 0.2) is 78.9 Å². The second kappa shape index (κ2) is 6.89. The average Bonchev–Trinajstić information content (AvgIpc) is 2.68. The van der Waals surface area contributed by atoms with Crippen LogP contribution in [0.25, 0.3) is 33.6 Å². The first-order valence-electron chi connectivity index (χ1n) is 8.65.